The number of carbonyl (C=O) groups excluding carboxylic acids is 1. The van der Waals surface area contributed by atoms with E-state index in [4.69, 9.17) is 6.85 Å². The number of benzene rings is 1. The van der Waals surface area contributed by atoms with Crippen LogP contribution in [0, 0.1) is 18.5 Å². The Morgan fingerprint density at radius 3 is 2.52 bits per heavy atom. The molecule has 2 atom stereocenters. The van der Waals surface area contributed by atoms with Gasteiger partial charge in [-0.15, -0.1) is 0 Å². The van der Waals surface area contributed by atoms with Gasteiger partial charge in [0.15, 0.2) is 11.5 Å². The van der Waals surface area contributed by atoms with Gasteiger partial charge in [0.05, 0.1) is 19.5 Å². The fourth-order valence-electron chi connectivity index (χ4n) is 5.93. The van der Waals surface area contributed by atoms with Gasteiger partial charge in [-0.1, -0.05) is 44.7 Å². The lowest BCUT2D eigenvalue weighted by Gasteiger charge is -2.45. The molecule has 8 nitrogen and oxygen atoms in total. The van der Waals surface area contributed by atoms with Crippen LogP contribution < -0.4 is 10.6 Å². The molecule has 5 rings (SSSR count). The zero-order valence-corrected chi connectivity index (χ0v) is 25.2. The molecule has 0 unspecified atom stereocenters. The van der Waals surface area contributed by atoms with Gasteiger partial charge in [0.25, 0.3) is 0 Å². The van der Waals surface area contributed by atoms with Gasteiger partial charge < -0.3 is 9.80 Å². The van der Waals surface area contributed by atoms with Crippen molar-refractivity contribution < 1.29 is 20.4 Å². The molecule has 44 heavy (non-hydrogen) atoms. The summed E-state index contributed by atoms with van der Waals surface area (Å²) < 4.78 is 73.7. The third kappa shape index (κ3) is 5.18. The van der Waals surface area contributed by atoms with Gasteiger partial charge in [0.1, 0.15) is 17.3 Å². The van der Waals surface area contributed by atoms with Gasteiger partial charge in [0.2, 0.25) is 5.91 Å². The summed E-state index contributed by atoms with van der Waals surface area (Å²) in [7, 11) is 0. The van der Waals surface area contributed by atoms with Gasteiger partial charge in [-0.3, -0.25) is 9.78 Å². The summed E-state index contributed by atoms with van der Waals surface area (Å²) in [5.74, 6) is -2.47. The molecular weight excluding hydrogens is 562 g/mol. The van der Waals surface area contributed by atoms with Crippen molar-refractivity contribution in [1.82, 2.24) is 24.4 Å². The first-order valence-corrected chi connectivity index (χ1v) is 14.2. The van der Waals surface area contributed by atoms with E-state index in [0.717, 1.165) is 16.7 Å². The van der Waals surface area contributed by atoms with Crippen LogP contribution in [0.5, 0.6) is 0 Å². The van der Waals surface area contributed by atoms with Crippen LogP contribution in [0.15, 0.2) is 60.5 Å². The van der Waals surface area contributed by atoms with Gasteiger partial charge >= 0.3 is 5.69 Å². The fraction of sp³-hybridized carbons (Fsp3) is 0.324. The smallest absolute Gasteiger partial charge is 0.347 e. The summed E-state index contributed by atoms with van der Waals surface area (Å²) in [6, 6.07) is 5.42. The van der Waals surface area contributed by atoms with Crippen LogP contribution in [0.4, 0.5) is 14.6 Å². The maximum atomic E-state index is 16.5. The van der Waals surface area contributed by atoms with Crippen LogP contribution in [0.25, 0.3) is 33.6 Å². The number of aromatic nitrogens is 4. The topological polar surface area (TPSA) is 84.2 Å². The van der Waals surface area contributed by atoms with Crippen LogP contribution >= 0.6 is 0 Å². The number of fused-ring (bicyclic) bond motifs is 1. The Morgan fingerprint density at radius 2 is 1.89 bits per heavy atom. The Balaban J connectivity index is 1.94. The number of halogens is 2. The van der Waals surface area contributed by atoms with Crippen molar-refractivity contribution in [2.24, 2.45) is 0 Å². The maximum absolute atomic E-state index is 16.5. The van der Waals surface area contributed by atoms with E-state index in [1.807, 2.05) is 13.8 Å². The summed E-state index contributed by atoms with van der Waals surface area (Å²) in [5, 5.41) is 0.0323. The molecule has 1 aliphatic rings. The molecule has 0 bridgehead atoms. The predicted octanol–water partition coefficient (Wildman–Crippen LogP) is 6.20. The number of carbonyl (C=O) groups is 1. The average Bonchev–Trinajstić information content (AvgIpc) is 3.02. The van der Waals surface area contributed by atoms with Gasteiger partial charge in [-0.2, -0.15) is 4.98 Å². The molecule has 1 amide bonds. The molecule has 4 aromatic rings. The standard InChI is InChI=1S/C34H36F2N6O2/c1-9-27(43)40-16-21(7)41(22(8)17-40)33-24-15-26(36)30(28-23(18(2)3)11-10-12-25(28)35)38-32(24)42(34(44)39-33)31-20(6)13-14-37-29(31)19(4)5/h9-15,19,21-22H,1-2,16-17H2,3-8H3/t21-,22-/m0/s1/i2D2,6D3. The number of pyridine rings is 2. The molecule has 0 radical (unpaired) electrons. The first-order chi connectivity index (χ1) is 23.0. The van der Waals surface area contributed by atoms with Gasteiger partial charge in [-0.25, -0.2) is 23.1 Å². The minimum atomic E-state index is -2.72. The second-order valence-corrected chi connectivity index (χ2v) is 11.3. The molecule has 10 heteroatoms. The zero-order chi connectivity index (χ0) is 36.1. The van der Waals surface area contributed by atoms with Crippen molar-refractivity contribution in [2.75, 3.05) is 18.0 Å². The van der Waals surface area contributed by atoms with Crippen LogP contribution in [0.3, 0.4) is 0 Å². The molecule has 4 heterocycles. The van der Waals surface area contributed by atoms with E-state index < -0.39 is 48.5 Å². The Labute approximate surface area is 262 Å². The first kappa shape index (κ1) is 24.7. The predicted molar refractivity (Wildman–Crippen MR) is 170 cm³/mol. The SMILES string of the molecule is [2H]C([2H])=C(C)c1cccc(F)c1-c1nc2c(cc1F)c(N1[C@@H](C)CN(C(=O)C=C)C[C@@H]1C)nc(=O)n2-c1c(C([2H])([2H])[2H])ccnc1C(C)C. The number of hydrogen-bond donors (Lipinski definition) is 0. The number of piperazine rings is 1. The van der Waals surface area contributed by atoms with E-state index in [1.54, 1.807) is 23.6 Å². The summed E-state index contributed by atoms with van der Waals surface area (Å²) >= 11 is 0. The van der Waals surface area contributed by atoms with Crippen LogP contribution in [-0.2, 0) is 4.79 Å². The number of hydrogen-bond acceptors (Lipinski definition) is 6. The number of allylic oxidation sites excluding steroid dienone is 1. The summed E-state index contributed by atoms with van der Waals surface area (Å²) in [6.45, 7) is 9.33. The van der Waals surface area contributed by atoms with E-state index >= 15 is 8.78 Å². The Hall–Kier alpha value is -4.73. The van der Waals surface area contributed by atoms with Crippen LogP contribution in [-0.4, -0.2) is 55.5 Å². The quantitative estimate of drug-likeness (QED) is 0.244. The normalized spacial score (nSPS) is 18.8. The lowest BCUT2D eigenvalue weighted by atomic mass is 9.97. The highest BCUT2D eigenvalue weighted by Gasteiger charge is 2.35. The van der Waals surface area contributed by atoms with Gasteiger partial charge in [-0.05, 0) is 68.9 Å². The maximum Gasteiger partial charge on any atom is 0.355 e. The molecule has 1 fully saturated rings. The molecule has 3 aromatic heterocycles. The highest BCUT2D eigenvalue weighted by molar-refractivity contribution is 5.92. The lowest BCUT2D eigenvalue weighted by molar-refractivity contribution is -0.127. The Kier molecular flexibility index (Phi) is 6.59. The van der Waals surface area contributed by atoms with E-state index in [-0.39, 0.29) is 75.4 Å². The van der Waals surface area contributed by atoms with Crippen molar-refractivity contribution in [1.29, 1.82) is 0 Å². The average molecular weight is 604 g/mol. The van der Waals surface area contributed by atoms with E-state index in [1.165, 1.54) is 37.4 Å². The van der Waals surface area contributed by atoms with E-state index in [9.17, 15) is 9.59 Å². The lowest BCUT2D eigenvalue weighted by Crippen LogP contribution is -2.58. The monoisotopic (exact) mass is 603 g/mol. The second kappa shape index (κ2) is 11.7. The Morgan fingerprint density at radius 1 is 1.16 bits per heavy atom. The number of aryl methyl sites for hydroxylation is 1. The molecule has 0 N–H and O–H groups in total. The van der Waals surface area contributed by atoms with Gasteiger partial charge in [0, 0.05) is 41.0 Å². The minimum Gasteiger partial charge on any atom is -0.347 e. The molecular formula is C34H36F2N6O2. The second-order valence-electron chi connectivity index (χ2n) is 11.3. The Bertz CT molecular complexity index is 2070. The molecule has 1 aromatic carbocycles. The number of nitrogens with zero attached hydrogens (tertiary/aromatic N) is 6. The van der Waals surface area contributed by atoms with Crippen LogP contribution in [0.1, 0.15) is 64.2 Å². The molecule has 228 valence electrons. The fourth-order valence-corrected chi connectivity index (χ4v) is 5.93. The molecule has 0 saturated carbocycles. The third-order valence-corrected chi connectivity index (χ3v) is 7.83. The van der Waals surface area contributed by atoms with Crippen molar-refractivity contribution in [3.63, 3.8) is 0 Å². The highest BCUT2D eigenvalue weighted by Crippen LogP contribution is 2.37. The summed E-state index contributed by atoms with van der Waals surface area (Å²) in [5.41, 5.74) is -1.94. The van der Waals surface area contributed by atoms with E-state index in [0.29, 0.717) is 0 Å². The number of rotatable bonds is 6. The van der Waals surface area contributed by atoms with E-state index in [2.05, 4.69) is 21.5 Å². The number of anilines is 1. The molecule has 0 aliphatic carbocycles. The third-order valence-electron chi connectivity index (χ3n) is 7.83. The van der Waals surface area contributed by atoms with Crippen molar-refractivity contribution in [3.8, 4) is 16.9 Å². The largest absolute Gasteiger partial charge is 0.355 e. The first-order valence-electron chi connectivity index (χ1n) is 16.7. The molecule has 1 aliphatic heterocycles. The minimum absolute atomic E-state index is 0.0323. The van der Waals surface area contributed by atoms with Crippen molar-refractivity contribution >= 4 is 28.3 Å². The van der Waals surface area contributed by atoms with Crippen molar-refractivity contribution in [3.05, 3.63) is 94.7 Å². The zero-order valence-electron chi connectivity index (χ0n) is 30.2. The highest BCUT2D eigenvalue weighted by atomic mass is 19.1. The van der Waals surface area contributed by atoms with Crippen LogP contribution in [0.2, 0.25) is 0 Å². The number of amides is 1. The summed E-state index contributed by atoms with van der Waals surface area (Å²) in [4.78, 5) is 43.6. The molecule has 0 spiro atoms. The summed E-state index contributed by atoms with van der Waals surface area (Å²) in [6.07, 6.45) is 2.55. The van der Waals surface area contributed by atoms with Crippen molar-refractivity contribution in [2.45, 2.75) is 59.5 Å². The molecule has 1 saturated heterocycles.